The molecular formula is C10H10F3NOS. The predicted molar refractivity (Wildman–Crippen MR) is 56.1 cm³/mol. The van der Waals surface area contributed by atoms with Crippen LogP contribution >= 0.6 is 11.3 Å². The van der Waals surface area contributed by atoms with Gasteiger partial charge in [-0.05, 0) is 24.6 Å². The van der Waals surface area contributed by atoms with Gasteiger partial charge in [0, 0.05) is 4.88 Å². The average Bonchev–Trinajstić information content (AvgIpc) is 2.56. The highest BCUT2D eigenvalue weighted by molar-refractivity contribution is 7.12. The second-order valence-electron chi connectivity index (χ2n) is 3.14. The van der Waals surface area contributed by atoms with Crippen molar-refractivity contribution in [2.24, 2.45) is 0 Å². The van der Waals surface area contributed by atoms with Crippen LogP contribution in [0.1, 0.15) is 15.3 Å². The topological polar surface area (TPSA) is 29.1 Å². The first-order chi connectivity index (χ1) is 7.34. The highest BCUT2D eigenvalue weighted by Crippen LogP contribution is 2.36. The molecule has 0 saturated carbocycles. The summed E-state index contributed by atoms with van der Waals surface area (Å²) in [6.07, 6.45) is -3.25. The Morgan fingerprint density at radius 2 is 2.25 bits per heavy atom. The van der Waals surface area contributed by atoms with Gasteiger partial charge in [-0.25, -0.2) is 0 Å². The van der Waals surface area contributed by atoms with Crippen LogP contribution in [0.15, 0.2) is 18.7 Å². The van der Waals surface area contributed by atoms with Crippen LogP contribution in [0.5, 0.6) is 0 Å². The van der Waals surface area contributed by atoms with Gasteiger partial charge in [-0.15, -0.1) is 11.3 Å². The number of thiophene rings is 1. The predicted octanol–water partition coefficient (Wildman–Crippen LogP) is 2.88. The van der Waals surface area contributed by atoms with Gasteiger partial charge in [0.1, 0.15) is 4.88 Å². The van der Waals surface area contributed by atoms with Crippen LogP contribution in [-0.4, -0.2) is 5.91 Å². The van der Waals surface area contributed by atoms with Gasteiger partial charge in [0.25, 0.3) is 0 Å². The van der Waals surface area contributed by atoms with E-state index in [0.717, 1.165) is 12.1 Å². The molecule has 0 aromatic carbocycles. The molecular weight excluding hydrogens is 239 g/mol. The summed E-state index contributed by atoms with van der Waals surface area (Å²) < 4.78 is 37.1. The zero-order valence-electron chi connectivity index (χ0n) is 8.52. The number of hydrogen-bond acceptors (Lipinski definition) is 2. The van der Waals surface area contributed by atoms with E-state index in [1.165, 1.54) is 0 Å². The van der Waals surface area contributed by atoms with Crippen LogP contribution in [0.3, 0.4) is 0 Å². The SMILES string of the molecule is C=CC(=O)NCc1sc(C(F)(F)F)cc1C. The molecule has 1 aromatic rings. The van der Waals surface area contributed by atoms with Crippen molar-refractivity contribution < 1.29 is 18.0 Å². The second kappa shape index (κ2) is 4.69. The normalized spacial score (nSPS) is 11.2. The molecule has 88 valence electrons. The van der Waals surface area contributed by atoms with Gasteiger partial charge in [-0.1, -0.05) is 6.58 Å². The standard InChI is InChI=1S/C10H10F3NOS/c1-3-9(15)14-5-7-6(2)4-8(16-7)10(11,12)13/h3-4H,1,5H2,2H3,(H,14,15). The number of hydrogen-bond donors (Lipinski definition) is 1. The van der Waals surface area contributed by atoms with Gasteiger partial charge in [0.05, 0.1) is 6.54 Å². The minimum Gasteiger partial charge on any atom is -0.348 e. The lowest BCUT2D eigenvalue weighted by Crippen LogP contribution is -2.19. The van der Waals surface area contributed by atoms with Crippen LogP contribution < -0.4 is 5.32 Å². The summed E-state index contributed by atoms with van der Waals surface area (Å²) in [5.41, 5.74) is 0.529. The lowest BCUT2D eigenvalue weighted by Gasteiger charge is -2.01. The molecule has 0 aliphatic heterocycles. The smallest absolute Gasteiger partial charge is 0.348 e. The Hall–Kier alpha value is -1.30. The Balaban J connectivity index is 2.78. The van der Waals surface area contributed by atoms with Crippen molar-refractivity contribution in [1.29, 1.82) is 0 Å². The van der Waals surface area contributed by atoms with Crippen molar-refractivity contribution in [3.8, 4) is 0 Å². The third-order valence-electron chi connectivity index (χ3n) is 1.91. The largest absolute Gasteiger partial charge is 0.425 e. The Labute approximate surface area is 94.8 Å². The van der Waals surface area contributed by atoms with E-state index in [1.54, 1.807) is 6.92 Å². The fraction of sp³-hybridized carbons (Fsp3) is 0.300. The van der Waals surface area contributed by atoms with Crippen molar-refractivity contribution in [3.63, 3.8) is 0 Å². The molecule has 0 aliphatic rings. The number of halogens is 3. The minimum absolute atomic E-state index is 0.0947. The molecule has 0 atom stereocenters. The van der Waals surface area contributed by atoms with Crippen molar-refractivity contribution in [1.82, 2.24) is 5.32 Å². The number of carbonyl (C=O) groups excluding carboxylic acids is 1. The monoisotopic (exact) mass is 249 g/mol. The van der Waals surface area contributed by atoms with Gasteiger partial charge in [0.15, 0.2) is 0 Å². The molecule has 0 spiro atoms. The first kappa shape index (κ1) is 12.8. The molecule has 2 nitrogen and oxygen atoms in total. The van der Waals surface area contributed by atoms with Crippen molar-refractivity contribution >= 4 is 17.2 Å². The number of rotatable bonds is 3. The highest BCUT2D eigenvalue weighted by atomic mass is 32.1. The Bertz CT molecular complexity index is 409. The molecule has 1 amide bonds. The van der Waals surface area contributed by atoms with E-state index in [4.69, 9.17) is 0 Å². The van der Waals surface area contributed by atoms with Crippen LogP contribution in [-0.2, 0) is 17.5 Å². The minimum atomic E-state index is -4.32. The molecule has 1 aromatic heterocycles. The first-order valence-corrected chi connectivity index (χ1v) is 5.23. The first-order valence-electron chi connectivity index (χ1n) is 4.41. The summed E-state index contributed by atoms with van der Waals surface area (Å²) in [6.45, 7) is 4.93. The van der Waals surface area contributed by atoms with Crippen molar-refractivity contribution in [2.45, 2.75) is 19.6 Å². The van der Waals surface area contributed by atoms with E-state index in [-0.39, 0.29) is 6.54 Å². The molecule has 6 heteroatoms. The fourth-order valence-corrected chi connectivity index (χ4v) is 2.06. The van der Waals surface area contributed by atoms with Gasteiger partial charge in [0.2, 0.25) is 5.91 Å². The zero-order chi connectivity index (χ0) is 12.3. The molecule has 0 aliphatic carbocycles. The Morgan fingerprint density at radius 3 is 2.69 bits per heavy atom. The Kier molecular flexibility index (Phi) is 3.74. The summed E-state index contributed by atoms with van der Waals surface area (Å²) in [5, 5.41) is 2.44. The third-order valence-corrected chi connectivity index (χ3v) is 3.19. The van der Waals surface area contributed by atoms with Crippen LogP contribution in [0, 0.1) is 6.92 Å². The van der Waals surface area contributed by atoms with Crippen molar-refractivity contribution in [3.05, 3.63) is 34.0 Å². The van der Waals surface area contributed by atoms with Gasteiger partial charge in [-0.2, -0.15) is 13.2 Å². The summed E-state index contributed by atoms with van der Waals surface area (Å²) in [4.78, 5) is 10.7. The molecule has 1 rings (SSSR count). The summed E-state index contributed by atoms with van der Waals surface area (Å²) in [7, 11) is 0. The highest BCUT2D eigenvalue weighted by Gasteiger charge is 2.33. The van der Waals surface area contributed by atoms with Gasteiger partial charge >= 0.3 is 6.18 Å². The molecule has 0 unspecified atom stereocenters. The maximum atomic E-state index is 12.4. The third kappa shape index (κ3) is 3.10. The van der Waals surface area contributed by atoms with E-state index in [9.17, 15) is 18.0 Å². The summed E-state index contributed by atoms with van der Waals surface area (Å²) in [6, 6.07) is 1.08. The lowest BCUT2D eigenvalue weighted by molar-refractivity contribution is -0.134. The van der Waals surface area contributed by atoms with E-state index >= 15 is 0 Å². The number of aryl methyl sites for hydroxylation is 1. The molecule has 0 fully saturated rings. The molecule has 0 saturated heterocycles. The van der Waals surface area contributed by atoms with E-state index in [2.05, 4.69) is 11.9 Å². The number of alkyl halides is 3. The van der Waals surface area contributed by atoms with Crippen LogP contribution in [0.4, 0.5) is 13.2 Å². The average molecular weight is 249 g/mol. The molecule has 0 radical (unpaired) electrons. The van der Waals surface area contributed by atoms with Gasteiger partial charge in [-0.3, -0.25) is 4.79 Å². The summed E-state index contributed by atoms with van der Waals surface area (Å²) >= 11 is 0.645. The lowest BCUT2D eigenvalue weighted by atomic mass is 10.2. The molecule has 0 bridgehead atoms. The zero-order valence-corrected chi connectivity index (χ0v) is 9.34. The second-order valence-corrected chi connectivity index (χ2v) is 4.27. The summed E-state index contributed by atoms with van der Waals surface area (Å²) in [5.74, 6) is -0.402. The van der Waals surface area contributed by atoms with E-state index < -0.39 is 17.0 Å². The maximum Gasteiger partial charge on any atom is 0.425 e. The van der Waals surface area contributed by atoms with E-state index in [1.807, 2.05) is 0 Å². The fourth-order valence-electron chi connectivity index (χ4n) is 1.07. The maximum absolute atomic E-state index is 12.4. The number of carbonyl (C=O) groups is 1. The number of nitrogens with one attached hydrogen (secondary N) is 1. The quantitative estimate of drug-likeness (QED) is 0.820. The van der Waals surface area contributed by atoms with Crippen molar-refractivity contribution in [2.75, 3.05) is 0 Å². The molecule has 1 N–H and O–H groups in total. The number of amides is 1. The Morgan fingerprint density at radius 1 is 1.62 bits per heavy atom. The van der Waals surface area contributed by atoms with Crippen LogP contribution in [0.2, 0.25) is 0 Å². The van der Waals surface area contributed by atoms with E-state index in [0.29, 0.717) is 21.8 Å². The molecule has 16 heavy (non-hydrogen) atoms. The van der Waals surface area contributed by atoms with Gasteiger partial charge < -0.3 is 5.32 Å². The van der Waals surface area contributed by atoms with Crippen LogP contribution in [0.25, 0.3) is 0 Å². The molecule has 1 heterocycles.